The molecular weight excluding hydrogens is 300 g/mol. The molecule has 2 N–H and O–H groups in total. The minimum absolute atomic E-state index is 0.0177. The van der Waals surface area contributed by atoms with Crippen LogP contribution >= 0.6 is 0 Å². The van der Waals surface area contributed by atoms with Crippen molar-refractivity contribution in [1.82, 2.24) is 4.90 Å². The fraction of sp³-hybridized carbons (Fsp3) is 0.438. The number of amides is 1. The van der Waals surface area contributed by atoms with Crippen LogP contribution in [-0.2, 0) is 10.0 Å². The molecule has 0 saturated carbocycles. The average Bonchev–Trinajstić information content (AvgIpc) is 2.88. The smallest absolute Gasteiger partial charge is 0.254 e. The number of benzene rings is 1. The number of hydrogen-bond acceptors (Lipinski definition) is 3. The number of nitrogens with zero attached hydrogens (tertiary/aromatic N) is 1. The van der Waals surface area contributed by atoms with Crippen LogP contribution in [0.3, 0.4) is 0 Å². The molecule has 0 spiro atoms. The largest absolute Gasteiger partial charge is 0.328 e. The second kappa shape index (κ2) is 5.85. The molecule has 120 valence electrons. The molecule has 1 amide bonds. The van der Waals surface area contributed by atoms with Gasteiger partial charge in [-0.25, -0.2) is 13.6 Å². The third-order valence-corrected chi connectivity index (χ3v) is 5.15. The van der Waals surface area contributed by atoms with Gasteiger partial charge in [-0.3, -0.25) is 4.79 Å². The molecule has 0 aliphatic carbocycles. The first-order valence-electron chi connectivity index (χ1n) is 7.24. The van der Waals surface area contributed by atoms with Gasteiger partial charge in [-0.15, -0.1) is 0 Å². The zero-order chi connectivity index (χ0) is 16.7. The molecule has 1 heterocycles. The molecule has 2 rings (SSSR count). The fourth-order valence-electron chi connectivity index (χ4n) is 2.75. The van der Waals surface area contributed by atoms with Crippen molar-refractivity contribution in [2.75, 3.05) is 6.54 Å². The summed E-state index contributed by atoms with van der Waals surface area (Å²) >= 11 is 0. The van der Waals surface area contributed by atoms with E-state index in [4.69, 9.17) is 5.14 Å². The number of carbonyl (C=O) groups excluding carboxylic acids is 1. The van der Waals surface area contributed by atoms with Crippen LogP contribution in [-0.4, -0.2) is 31.8 Å². The minimum atomic E-state index is -3.85. The lowest BCUT2D eigenvalue weighted by molar-refractivity contribution is 0.0720. The Morgan fingerprint density at radius 3 is 2.50 bits per heavy atom. The molecule has 0 fully saturated rings. The van der Waals surface area contributed by atoms with Crippen LogP contribution in [0.4, 0.5) is 0 Å². The van der Waals surface area contributed by atoms with Gasteiger partial charge >= 0.3 is 0 Å². The molecule has 1 aromatic rings. The Bertz CT molecular complexity index is 736. The van der Waals surface area contributed by atoms with Gasteiger partial charge in [0.15, 0.2) is 0 Å². The van der Waals surface area contributed by atoms with E-state index in [1.54, 1.807) is 24.8 Å². The first-order chi connectivity index (χ1) is 10.1. The maximum absolute atomic E-state index is 12.8. The number of primary sulfonamides is 1. The van der Waals surface area contributed by atoms with Crippen LogP contribution in [0.2, 0.25) is 0 Å². The topological polar surface area (TPSA) is 80.5 Å². The van der Waals surface area contributed by atoms with E-state index < -0.39 is 10.0 Å². The van der Waals surface area contributed by atoms with E-state index in [2.05, 4.69) is 13.8 Å². The molecule has 1 aromatic carbocycles. The fourth-order valence-corrected chi connectivity index (χ4v) is 3.63. The molecule has 6 heteroatoms. The summed E-state index contributed by atoms with van der Waals surface area (Å²) in [5.41, 5.74) is 1.68. The Morgan fingerprint density at radius 1 is 1.32 bits per heavy atom. The number of nitrogens with two attached hydrogens (primary N) is 1. The molecule has 0 aromatic heterocycles. The highest BCUT2D eigenvalue weighted by Gasteiger charge is 2.29. The molecular formula is C16H22N2O3S. The van der Waals surface area contributed by atoms with Crippen LogP contribution in [0.1, 0.15) is 35.3 Å². The van der Waals surface area contributed by atoms with E-state index >= 15 is 0 Å². The predicted molar refractivity (Wildman–Crippen MR) is 86.1 cm³/mol. The summed E-state index contributed by atoms with van der Waals surface area (Å²) in [6, 6.07) is 3.14. The molecule has 0 radical (unpaired) electrons. The van der Waals surface area contributed by atoms with Crippen molar-refractivity contribution in [1.29, 1.82) is 0 Å². The van der Waals surface area contributed by atoms with E-state index in [9.17, 15) is 13.2 Å². The van der Waals surface area contributed by atoms with Gasteiger partial charge in [0.1, 0.15) is 0 Å². The summed E-state index contributed by atoms with van der Waals surface area (Å²) in [6.45, 7) is 8.12. The lowest BCUT2D eigenvalue weighted by Gasteiger charge is -2.28. The number of rotatable bonds is 3. The van der Waals surface area contributed by atoms with Crippen molar-refractivity contribution < 1.29 is 13.2 Å². The van der Waals surface area contributed by atoms with Crippen molar-refractivity contribution in [2.24, 2.45) is 11.1 Å². The molecule has 0 saturated heterocycles. The van der Waals surface area contributed by atoms with Crippen molar-refractivity contribution in [3.63, 3.8) is 0 Å². The van der Waals surface area contributed by atoms with Crippen molar-refractivity contribution >= 4 is 15.9 Å². The normalized spacial score (nSPS) is 18.3. The second-order valence-corrected chi connectivity index (χ2v) is 7.61. The maximum atomic E-state index is 12.8. The summed E-state index contributed by atoms with van der Waals surface area (Å²) in [5.74, 6) is 0.128. The summed E-state index contributed by atoms with van der Waals surface area (Å²) in [7, 11) is -3.85. The molecule has 22 heavy (non-hydrogen) atoms. The lowest BCUT2D eigenvalue weighted by Crippen LogP contribution is -2.39. The average molecular weight is 322 g/mol. The van der Waals surface area contributed by atoms with Crippen molar-refractivity contribution in [2.45, 2.75) is 38.6 Å². The molecule has 5 nitrogen and oxygen atoms in total. The molecule has 1 aliphatic heterocycles. The number of sulfonamides is 1. The predicted octanol–water partition coefficient (Wildman–Crippen LogP) is 1.99. The quantitative estimate of drug-likeness (QED) is 0.864. The number of hydrogen-bond donors (Lipinski definition) is 1. The third-order valence-electron chi connectivity index (χ3n) is 4.11. The minimum Gasteiger partial charge on any atom is -0.328 e. The van der Waals surface area contributed by atoms with Crippen molar-refractivity contribution in [3.05, 3.63) is 41.0 Å². The third kappa shape index (κ3) is 3.08. The van der Waals surface area contributed by atoms with Gasteiger partial charge in [0.25, 0.3) is 5.91 Å². The highest BCUT2D eigenvalue weighted by molar-refractivity contribution is 7.89. The van der Waals surface area contributed by atoms with E-state index in [0.717, 1.165) is 5.56 Å². The molecule has 1 aliphatic rings. The van der Waals surface area contributed by atoms with E-state index in [1.807, 2.05) is 12.2 Å². The van der Waals surface area contributed by atoms with Gasteiger partial charge in [0.2, 0.25) is 10.0 Å². The van der Waals surface area contributed by atoms with E-state index in [0.29, 0.717) is 23.6 Å². The van der Waals surface area contributed by atoms with E-state index in [-0.39, 0.29) is 16.8 Å². The monoisotopic (exact) mass is 322 g/mol. The summed E-state index contributed by atoms with van der Waals surface area (Å²) in [5, 5.41) is 5.26. The van der Waals surface area contributed by atoms with Crippen LogP contribution < -0.4 is 5.14 Å². The van der Waals surface area contributed by atoms with Gasteiger partial charge < -0.3 is 4.90 Å². The lowest BCUT2D eigenvalue weighted by atomic mass is 10.0. The Hall–Kier alpha value is -1.66. The van der Waals surface area contributed by atoms with Gasteiger partial charge in [0, 0.05) is 12.1 Å². The van der Waals surface area contributed by atoms with Gasteiger partial charge in [0.05, 0.1) is 10.9 Å². The number of carbonyl (C=O) groups is 1. The first-order valence-corrected chi connectivity index (χ1v) is 8.79. The second-order valence-electron chi connectivity index (χ2n) is 6.08. The molecule has 1 atom stereocenters. The Kier molecular flexibility index (Phi) is 4.44. The van der Waals surface area contributed by atoms with Crippen LogP contribution in [0.15, 0.2) is 29.2 Å². The zero-order valence-corrected chi connectivity index (χ0v) is 14.1. The zero-order valence-electron chi connectivity index (χ0n) is 13.3. The maximum Gasteiger partial charge on any atom is 0.254 e. The highest BCUT2D eigenvalue weighted by Crippen LogP contribution is 2.24. The Balaban J connectivity index is 2.46. The van der Waals surface area contributed by atoms with E-state index in [1.165, 1.54) is 6.07 Å². The number of aryl methyl sites for hydroxylation is 1. The summed E-state index contributed by atoms with van der Waals surface area (Å²) < 4.78 is 23.4. The van der Waals surface area contributed by atoms with Gasteiger partial charge in [-0.2, -0.15) is 0 Å². The first kappa shape index (κ1) is 16.7. The molecule has 1 unspecified atom stereocenters. The highest BCUT2D eigenvalue weighted by atomic mass is 32.2. The van der Waals surface area contributed by atoms with Gasteiger partial charge in [-0.1, -0.05) is 26.0 Å². The van der Waals surface area contributed by atoms with Crippen LogP contribution in [0, 0.1) is 19.8 Å². The SMILES string of the molecule is Cc1cc(C(=O)N2CC=CC2C(C)C)cc(S(N)(=O)=O)c1C. The Labute approximate surface area is 131 Å². The van der Waals surface area contributed by atoms with Crippen LogP contribution in [0.25, 0.3) is 0 Å². The molecule has 0 bridgehead atoms. The Morgan fingerprint density at radius 2 is 1.95 bits per heavy atom. The standard InChI is InChI=1S/C16H22N2O3S/c1-10(2)14-6-5-7-18(14)16(19)13-8-11(3)12(4)15(9-13)22(17,20)21/h5-6,8-10,14H,7H2,1-4H3,(H2,17,20,21). The van der Waals surface area contributed by atoms with Crippen LogP contribution in [0.5, 0.6) is 0 Å². The summed E-state index contributed by atoms with van der Waals surface area (Å²) in [6.07, 6.45) is 3.98. The summed E-state index contributed by atoms with van der Waals surface area (Å²) in [4.78, 5) is 14.5. The van der Waals surface area contributed by atoms with Crippen molar-refractivity contribution in [3.8, 4) is 0 Å². The van der Waals surface area contributed by atoms with Gasteiger partial charge in [-0.05, 0) is 43.0 Å².